The molecule has 0 heterocycles. The molecule has 0 saturated heterocycles. The quantitative estimate of drug-likeness (QED) is 0.300. The normalized spacial score (nSPS) is 0. The molecule has 0 aromatic rings. The summed E-state index contributed by atoms with van der Waals surface area (Å²) in [6.07, 6.45) is 0. The maximum absolute atomic E-state index is 0. The molecule has 0 unspecified atom stereocenters. The number of hydrogen-bond donors (Lipinski definition) is 0. The Labute approximate surface area is 106 Å². The van der Waals surface area contributed by atoms with Gasteiger partial charge in [0.15, 0.2) is 0 Å². The predicted octanol–water partition coefficient (Wildman–Crippen LogP) is -2.37. The van der Waals surface area contributed by atoms with Crippen molar-refractivity contribution < 1.29 is 57.0 Å². The van der Waals surface area contributed by atoms with Crippen LogP contribution in [0.25, 0.3) is 0 Å². The van der Waals surface area contributed by atoms with Gasteiger partial charge in [0.25, 0.3) is 0 Å². The van der Waals surface area contributed by atoms with Crippen LogP contribution in [0.1, 0.15) is 0 Å². The average molecular weight is 543 g/mol. The summed E-state index contributed by atoms with van der Waals surface area (Å²) in [5, 5.41) is 0. The second-order valence-electron chi connectivity index (χ2n) is 0. The molecule has 0 nitrogen and oxygen atoms in total. The van der Waals surface area contributed by atoms with Gasteiger partial charge in [0.05, 0.1) is 0 Å². The van der Waals surface area contributed by atoms with Crippen LogP contribution in [0, 0.1) is 39.9 Å². The minimum atomic E-state index is 0. The van der Waals surface area contributed by atoms with Crippen molar-refractivity contribution in [3.8, 4) is 0 Å². The van der Waals surface area contributed by atoms with Gasteiger partial charge >= 0.3 is 52.0 Å². The Balaban J connectivity index is 0. The molecule has 0 aromatic heterocycles. The molecule has 0 radical (unpaired) electrons. The Hall–Kier alpha value is 3.60. The van der Waals surface area contributed by atoms with E-state index in [1.807, 2.05) is 0 Å². The molecule has 0 amide bonds. The Morgan fingerprint density at radius 3 is 1.00 bits per heavy atom. The fourth-order valence-corrected chi connectivity index (χ4v) is 0. The van der Waals surface area contributed by atoms with Gasteiger partial charge in [0.2, 0.25) is 0 Å². The molecule has 0 atom stereocenters. The van der Waals surface area contributed by atoms with E-state index in [-0.39, 0.29) is 109 Å². The monoisotopic (exact) mass is 544 g/mol. The summed E-state index contributed by atoms with van der Waals surface area (Å²) in [6.45, 7) is 0. The zero-order valence-electron chi connectivity index (χ0n) is 1.41. The average Bonchev–Trinajstić information content (AvgIpc) is 0. The third-order valence-corrected chi connectivity index (χ3v) is 0. The fourth-order valence-electron chi connectivity index (χ4n) is 0. The van der Waals surface area contributed by atoms with E-state index < -0.39 is 0 Å². The van der Waals surface area contributed by atoms with Gasteiger partial charge in [-0.1, -0.05) is 0 Å². The predicted molar refractivity (Wildman–Crippen MR) is 19.9 cm³/mol. The van der Waals surface area contributed by atoms with Crippen LogP contribution in [0.2, 0.25) is 0 Å². The van der Waals surface area contributed by atoms with Gasteiger partial charge in [-0.15, -0.1) is 0 Å². The summed E-state index contributed by atoms with van der Waals surface area (Å²) in [6, 6.07) is 0. The van der Waals surface area contributed by atoms with E-state index in [4.69, 9.17) is 0 Å². The van der Waals surface area contributed by atoms with Gasteiger partial charge in [-0.2, -0.15) is 0 Å². The van der Waals surface area contributed by atoms with Crippen molar-refractivity contribution in [1.29, 1.82) is 0 Å². The Bertz CT molecular complexity index is 8.00. The molecule has 0 aliphatic rings. The van der Waals surface area contributed by atoms with E-state index >= 15 is 0 Å². The summed E-state index contributed by atoms with van der Waals surface area (Å²) < 4.78 is 0. The molecule has 0 fully saturated rings. The minimum absolute atomic E-state index is 0. The van der Waals surface area contributed by atoms with Gasteiger partial charge in [0, 0.05) is 57.0 Å². The topological polar surface area (TPSA) is 0 Å². The van der Waals surface area contributed by atoms with Crippen LogP contribution >= 0.6 is 0 Å². The first kappa shape index (κ1) is 25.6. The van der Waals surface area contributed by atoms with Crippen LogP contribution in [0.3, 0.4) is 0 Å². The Morgan fingerprint density at radius 2 is 1.00 bits per heavy atom. The second-order valence-corrected chi connectivity index (χ2v) is 0. The van der Waals surface area contributed by atoms with Crippen molar-refractivity contribution >= 4 is 52.0 Å². The SMILES string of the molecule is [BiH3].[Fe].[Gd].[InH3]. The van der Waals surface area contributed by atoms with Crippen molar-refractivity contribution in [2.75, 3.05) is 0 Å². The van der Waals surface area contributed by atoms with Crippen LogP contribution in [-0.4, -0.2) is 52.0 Å². The van der Waals surface area contributed by atoms with Crippen LogP contribution in [-0.2, 0) is 17.1 Å². The van der Waals surface area contributed by atoms with Crippen molar-refractivity contribution in [3.05, 3.63) is 0 Å². The number of hydrogen-bond acceptors (Lipinski definition) is 0. The molecule has 0 aromatic carbocycles. The first-order chi connectivity index (χ1) is 0. The van der Waals surface area contributed by atoms with Crippen LogP contribution in [0.15, 0.2) is 0 Å². The van der Waals surface area contributed by atoms with Crippen molar-refractivity contribution in [2.24, 2.45) is 0 Å². The summed E-state index contributed by atoms with van der Waals surface area (Å²) in [4.78, 5) is 0. The van der Waals surface area contributed by atoms with Gasteiger partial charge < -0.3 is 0 Å². The first-order valence-electron chi connectivity index (χ1n) is 0. The van der Waals surface area contributed by atoms with Crippen LogP contribution in [0.4, 0.5) is 0 Å². The molecule has 4 heavy (non-hydrogen) atoms. The zero-order valence-corrected chi connectivity index (χ0v) is 10.3. The molecular formula is H6BiFeGdIn. The molecule has 0 N–H and O–H groups in total. The first-order valence-corrected chi connectivity index (χ1v) is 0. The summed E-state index contributed by atoms with van der Waals surface area (Å²) in [7, 11) is 0. The van der Waals surface area contributed by atoms with Gasteiger partial charge in [-0.05, 0) is 0 Å². The Morgan fingerprint density at radius 1 is 1.00 bits per heavy atom. The molecule has 0 aliphatic carbocycles. The van der Waals surface area contributed by atoms with Crippen LogP contribution in [0.5, 0.6) is 0 Å². The van der Waals surface area contributed by atoms with Gasteiger partial charge in [-0.25, -0.2) is 0 Å². The van der Waals surface area contributed by atoms with E-state index in [0.29, 0.717) is 0 Å². The third-order valence-electron chi connectivity index (χ3n) is 0. The molecular weight excluding hydrogens is 537 g/mol. The second kappa shape index (κ2) is 16.0. The van der Waals surface area contributed by atoms with Gasteiger partial charge in [-0.3, -0.25) is 0 Å². The number of rotatable bonds is 0. The molecule has 4 heteroatoms. The molecule has 0 saturated carbocycles. The van der Waals surface area contributed by atoms with Gasteiger partial charge in [0.1, 0.15) is 0 Å². The fraction of sp³-hybridized carbons (Fsp3) is 0. The zero-order chi connectivity index (χ0) is 0. The van der Waals surface area contributed by atoms with E-state index in [1.165, 1.54) is 0 Å². The standard InChI is InChI=1S/Bi.Fe.Gd.In.6H. The van der Waals surface area contributed by atoms with Crippen LogP contribution < -0.4 is 0 Å². The van der Waals surface area contributed by atoms with Crippen molar-refractivity contribution in [3.63, 3.8) is 0 Å². The Kier molecular flexibility index (Phi) is 102. The summed E-state index contributed by atoms with van der Waals surface area (Å²) in [5.41, 5.74) is 0. The molecule has 0 aliphatic heterocycles. The summed E-state index contributed by atoms with van der Waals surface area (Å²) in [5.74, 6) is 0. The molecule has 30 valence electrons. The van der Waals surface area contributed by atoms with E-state index in [0.717, 1.165) is 0 Å². The third kappa shape index (κ3) is 9.14. The van der Waals surface area contributed by atoms with E-state index in [2.05, 4.69) is 0 Å². The summed E-state index contributed by atoms with van der Waals surface area (Å²) >= 11 is 0. The maximum atomic E-state index is 0. The van der Waals surface area contributed by atoms with Crippen molar-refractivity contribution in [1.82, 2.24) is 0 Å². The van der Waals surface area contributed by atoms with Crippen molar-refractivity contribution in [2.45, 2.75) is 0 Å². The molecule has 0 bridgehead atoms. The van der Waals surface area contributed by atoms with E-state index in [9.17, 15) is 0 Å². The molecule has 0 spiro atoms. The molecule has 0 rings (SSSR count). The van der Waals surface area contributed by atoms with E-state index in [1.54, 1.807) is 0 Å².